The average molecular weight is 445 g/mol. The average Bonchev–Trinajstić information content (AvgIpc) is 3.08. The minimum atomic E-state index is -1.66. The number of carboxylic acids is 2. The van der Waals surface area contributed by atoms with E-state index in [1.807, 2.05) is 0 Å². The van der Waals surface area contributed by atoms with Crippen LogP contribution in [-0.4, -0.2) is 85.7 Å². The molecule has 2 atom stereocenters. The van der Waals surface area contributed by atoms with Crippen molar-refractivity contribution in [3.05, 3.63) is 11.1 Å². The molecule has 2 rings (SSSR count). The number of anilines is 1. The molecule has 1 aromatic heterocycles. The number of oxime groups is 1. The summed E-state index contributed by atoms with van der Waals surface area (Å²) in [6.07, 6.45) is -1.66. The Morgan fingerprint density at radius 3 is 2.57 bits per heavy atom. The molecule has 0 aliphatic carbocycles. The van der Waals surface area contributed by atoms with Gasteiger partial charge in [-0.1, -0.05) is 5.16 Å². The highest BCUT2D eigenvalue weighted by molar-refractivity contribution is 7.13. The zero-order valence-electron chi connectivity index (χ0n) is 15.8. The lowest BCUT2D eigenvalue weighted by molar-refractivity contribution is -0.278. The van der Waals surface area contributed by atoms with E-state index in [9.17, 15) is 19.2 Å². The van der Waals surface area contributed by atoms with Gasteiger partial charge in [-0.05, 0) is 13.8 Å². The number of amides is 2. The van der Waals surface area contributed by atoms with E-state index in [4.69, 9.17) is 25.9 Å². The number of nitrogen functional groups attached to an aromatic ring is 1. The first-order valence-electron chi connectivity index (χ1n) is 8.27. The van der Waals surface area contributed by atoms with Gasteiger partial charge in [0.25, 0.3) is 11.8 Å². The minimum Gasteiger partial charge on any atom is -0.479 e. The Bertz CT molecular complexity index is 884. The van der Waals surface area contributed by atoms with Gasteiger partial charge in [0, 0.05) is 5.38 Å². The van der Waals surface area contributed by atoms with Gasteiger partial charge in [0.05, 0.1) is 12.1 Å². The van der Waals surface area contributed by atoms with Crippen LogP contribution in [0.25, 0.3) is 0 Å². The molecule has 164 valence electrons. The topological polar surface area (TPSA) is 214 Å². The summed E-state index contributed by atoms with van der Waals surface area (Å²) in [4.78, 5) is 60.2. The van der Waals surface area contributed by atoms with E-state index in [0.29, 0.717) is 0 Å². The SMILES string of the molecule is CC1(C)C(NC(=O)C(=NOCC(=O)O)c2csc(N)n2)C(=O)N1OC(CO)C(=O)O. The fraction of sp³-hybridized carbons (Fsp3) is 0.467. The zero-order valence-corrected chi connectivity index (χ0v) is 16.6. The summed E-state index contributed by atoms with van der Waals surface area (Å²) in [5, 5.41) is 34.8. The second-order valence-electron chi connectivity index (χ2n) is 6.49. The van der Waals surface area contributed by atoms with Crippen molar-refractivity contribution in [2.75, 3.05) is 18.9 Å². The fourth-order valence-corrected chi connectivity index (χ4v) is 2.96. The Kier molecular flexibility index (Phi) is 6.91. The number of nitrogens with one attached hydrogen (secondary N) is 1. The van der Waals surface area contributed by atoms with Crippen LogP contribution < -0.4 is 11.1 Å². The second-order valence-corrected chi connectivity index (χ2v) is 7.38. The van der Waals surface area contributed by atoms with Crippen molar-refractivity contribution in [2.45, 2.75) is 31.5 Å². The molecule has 0 aromatic carbocycles. The van der Waals surface area contributed by atoms with Crippen LogP contribution in [0.3, 0.4) is 0 Å². The van der Waals surface area contributed by atoms with Gasteiger partial charge in [-0.2, -0.15) is 0 Å². The fourth-order valence-electron chi connectivity index (χ4n) is 2.42. The smallest absolute Gasteiger partial charge is 0.344 e. The summed E-state index contributed by atoms with van der Waals surface area (Å²) < 4.78 is 0. The van der Waals surface area contributed by atoms with Gasteiger partial charge in [-0.25, -0.2) is 19.6 Å². The molecule has 14 nitrogen and oxygen atoms in total. The number of rotatable bonds is 10. The number of hydrogen-bond donors (Lipinski definition) is 5. The lowest BCUT2D eigenvalue weighted by atomic mass is 9.84. The van der Waals surface area contributed by atoms with Crippen molar-refractivity contribution >= 4 is 45.9 Å². The molecule has 0 radical (unpaired) electrons. The number of nitrogens with two attached hydrogens (primary N) is 1. The number of carboxylic acid groups (broad SMARTS) is 2. The molecule has 6 N–H and O–H groups in total. The molecule has 0 bridgehead atoms. The Hall–Kier alpha value is -3.30. The highest BCUT2D eigenvalue weighted by Gasteiger charge is 2.57. The quantitative estimate of drug-likeness (QED) is 0.151. The molecule has 30 heavy (non-hydrogen) atoms. The van der Waals surface area contributed by atoms with Gasteiger partial charge in [-0.3, -0.25) is 14.4 Å². The number of nitrogens with zero attached hydrogens (tertiary/aromatic N) is 3. The van der Waals surface area contributed by atoms with Crippen LogP contribution >= 0.6 is 11.3 Å². The van der Waals surface area contributed by atoms with Crippen molar-refractivity contribution < 1.29 is 44.2 Å². The van der Waals surface area contributed by atoms with E-state index < -0.39 is 60.4 Å². The monoisotopic (exact) mass is 445 g/mol. The van der Waals surface area contributed by atoms with Gasteiger partial charge in [0.2, 0.25) is 12.7 Å². The summed E-state index contributed by atoms with van der Waals surface area (Å²) in [5.74, 6) is -4.47. The number of aliphatic carboxylic acids is 2. The highest BCUT2D eigenvalue weighted by atomic mass is 32.1. The standard InChI is InChI=1S/C15H19N5O9S/c1-15(2)10(12(25)20(15)29-7(3-21)13(26)27)18-11(24)9(19-28-4-8(22)23)6-5-30-14(16)17-6/h5,7,10,21H,3-4H2,1-2H3,(H2,16,17)(H,18,24)(H,22,23)(H,26,27). The lowest BCUT2D eigenvalue weighted by Gasteiger charge is -2.52. The third kappa shape index (κ3) is 4.81. The molecule has 1 aromatic rings. The Balaban J connectivity index is 2.16. The van der Waals surface area contributed by atoms with E-state index in [1.165, 1.54) is 19.2 Å². The van der Waals surface area contributed by atoms with Crippen molar-refractivity contribution in [2.24, 2.45) is 5.16 Å². The number of β-lactam (4-membered cyclic amide) rings is 1. The number of thiazole rings is 1. The minimum absolute atomic E-state index is 0.00398. The zero-order chi connectivity index (χ0) is 22.6. The van der Waals surface area contributed by atoms with Gasteiger partial charge in [-0.15, -0.1) is 11.3 Å². The molecule has 1 aliphatic rings. The highest BCUT2D eigenvalue weighted by Crippen LogP contribution is 2.32. The number of carbonyl (C=O) groups is 4. The van der Waals surface area contributed by atoms with Crippen molar-refractivity contribution in [3.8, 4) is 0 Å². The third-order valence-electron chi connectivity index (χ3n) is 3.95. The number of aliphatic hydroxyl groups excluding tert-OH is 1. The summed E-state index contributed by atoms with van der Waals surface area (Å²) in [7, 11) is 0. The van der Waals surface area contributed by atoms with Crippen molar-refractivity contribution in [3.63, 3.8) is 0 Å². The maximum atomic E-state index is 12.7. The van der Waals surface area contributed by atoms with Crippen LogP contribution in [0.5, 0.6) is 0 Å². The van der Waals surface area contributed by atoms with Crippen LogP contribution in [-0.2, 0) is 28.9 Å². The molecular formula is C15H19N5O9S. The molecule has 0 saturated carbocycles. The molecule has 1 fully saturated rings. The van der Waals surface area contributed by atoms with E-state index >= 15 is 0 Å². The van der Waals surface area contributed by atoms with Crippen molar-refractivity contribution in [1.29, 1.82) is 0 Å². The Morgan fingerprint density at radius 2 is 2.10 bits per heavy atom. The third-order valence-corrected chi connectivity index (χ3v) is 4.62. The van der Waals surface area contributed by atoms with Crippen molar-refractivity contribution in [1.82, 2.24) is 15.4 Å². The van der Waals surface area contributed by atoms with Crippen LogP contribution in [0.15, 0.2) is 10.5 Å². The van der Waals surface area contributed by atoms with E-state index in [-0.39, 0.29) is 10.8 Å². The number of hydroxylamine groups is 2. The molecule has 1 aliphatic heterocycles. The predicted molar refractivity (Wildman–Crippen MR) is 99.1 cm³/mol. The molecule has 2 heterocycles. The van der Waals surface area contributed by atoms with Gasteiger partial charge in [0.15, 0.2) is 10.8 Å². The summed E-state index contributed by atoms with van der Waals surface area (Å²) in [5.41, 5.74) is 3.96. The number of aromatic nitrogens is 1. The number of hydrogen-bond acceptors (Lipinski definition) is 11. The van der Waals surface area contributed by atoms with Gasteiger partial charge < -0.3 is 31.2 Å². The number of carbonyl (C=O) groups excluding carboxylic acids is 2. The normalized spacial score (nSPS) is 19.0. The predicted octanol–water partition coefficient (Wildman–Crippen LogP) is -1.99. The van der Waals surface area contributed by atoms with Crippen LogP contribution in [0.2, 0.25) is 0 Å². The largest absolute Gasteiger partial charge is 0.479 e. The molecule has 0 spiro atoms. The lowest BCUT2D eigenvalue weighted by Crippen LogP contribution is -2.77. The van der Waals surface area contributed by atoms with Crippen LogP contribution in [0.4, 0.5) is 5.13 Å². The van der Waals surface area contributed by atoms with E-state index in [1.54, 1.807) is 0 Å². The molecule has 15 heteroatoms. The number of aliphatic hydroxyl groups is 1. The Labute approximate surface area is 172 Å². The van der Waals surface area contributed by atoms with Gasteiger partial charge in [0.1, 0.15) is 11.7 Å². The maximum absolute atomic E-state index is 12.7. The van der Waals surface area contributed by atoms with Gasteiger partial charge >= 0.3 is 11.9 Å². The van der Waals surface area contributed by atoms with Crippen LogP contribution in [0.1, 0.15) is 19.5 Å². The summed E-state index contributed by atoms with van der Waals surface area (Å²) in [6.45, 7) is 1.31. The first-order valence-corrected chi connectivity index (χ1v) is 9.15. The molecule has 1 saturated heterocycles. The summed E-state index contributed by atoms with van der Waals surface area (Å²) >= 11 is 1.00. The second kappa shape index (κ2) is 9.02. The molecule has 2 amide bonds. The molecule has 2 unspecified atom stereocenters. The van der Waals surface area contributed by atoms with E-state index in [2.05, 4.69) is 20.3 Å². The summed E-state index contributed by atoms with van der Waals surface area (Å²) in [6, 6.07) is -1.14. The molecular weight excluding hydrogens is 426 g/mol. The van der Waals surface area contributed by atoms with Crippen LogP contribution in [0, 0.1) is 0 Å². The Morgan fingerprint density at radius 1 is 1.43 bits per heavy atom. The first kappa shape index (κ1) is 23.0. The van der Waals surface area contributed by atoms with E-state index in [0.717, 1.165) is 16.4 Å². The first-order chi connectivity index (χ1) is 14.0. The maximum Gasteiger partial charge on any atom is 0.344 e.